The number of methoxy groups -OCH3 is 2. The van der Waals surface area contributed by atoms with Crippen molar-refractivity contribution >= 4 is 0 Å². The van der Waals surface area contributed by atoms with E-state index in [1.54, 1.807) is 26.6 Å². The van der Waals surface area contributed by atoms with Gasteiger partial charge in [0.25, 0.3) is 0 Å². The van der Waals surface area contributed by atoms with E-state index in [-0.39, 0.29) is 12.1 Å². The van der Waals surface area contributed by atoms with E-state index in [1.807, 2.05) is 0 Å². The molecule has 0 radical (unpaired) electrons. The zero-order valence-electron chi connectivity index (χ0n) is 10.9. The van der Waals surface area contributed by atoms with E-state index in [0.29, 0.717) is 5.88 Å². The van der Waals surface area contributed by atoms with Crippen LogP contribution in [0.3, 0.4) is 0 Å². The van der Waals surface area contributed by atoms with Crippen LogP contribution in [0, 0.1) is 0 Å². The van der Waals surface area contributed by atoms with Gasteiger partial charge in [0.2, 0.25) is 5.88 Å². The quantitative estimate of drug-likeness (QED) is 0.782. The highest BCUT2D eigenvalue weighted by Gasteiger charge is 2.25. The fourth-order valence-corrected chi connectivity index (χ4v) is 1.87. The Bertz CT molecular complexity index is 329. The highest BCUT2D eigenvalue weighted by molar-refractivity contribution is 5.22. The van der Waals surface area contributed by atoms with Gasteiger partial charge in [-0.3, -0.25) is 4.98 Å². The van der Waals surface area contributed by atoms with Crippen LogP contribution in [0.4, 0.5) is 0 Å². The molecule has 0 aliphatic carbocycles. The number of ether oxygens (including phenoxy) is 2. The second-order valence-corrected chi connectivity index (χ2v) is 3.67. The lowest BCUT2D eigenvalue weighted by atomic mass is 10.0. The lowest BCUT2D eigenvalue weighted by Gasteiger charge is -2.25. The summed E-state index contributed by atoms with van der Waals surface area (Å²) >= 11 is 0. The number of nitrogens with zero attached hydrogens (tertiary/aromatic N) is 2. The van der Waals surface area contributed by atoms with Crippen LogP contribution in [0.25, 0.3) is 0 Å². The monoisotopic (exact) mass is 239 g/mol. The SMILES string of the molecule is CCNC(c1nccnc1OC)C(CC)OC. The first-order valence-electron chi connectivity index (χ1n) is 5.89. The highest BCUT2D eigenvalue weighted by Crippen LogP contribution is 2.25. The molecule has 1 rings (SSSR count). The summed E-state index contributed by atoms with van der Waals surface area (Å²) in [6, 6.07) is -0.00125. The van der Waals surface area contributed by atoms with Gasteiger partial charge in [-0.05, 0) is 13.0 Å². The summed E-state index contributed by atoms with van der Waals surface area (Å²) in [5.74, 6) is 0.550. The van der Waals surface area contributed by atoms with Crippen molar-refractivity contribution in [3.8, 4) is 5.88 Å². The molecule has 1 aromatic rings. The molecule has 0 saturated carbocycles. The predicted molar refractivity (Wildman–Crippen MR) is 66.1 cm³/mol. The van der Waals surface area contributed by atoms with Crippen LogP contribution in [0.2, 0.25) is 0 Å². The summed E-state index contributed by atoms with van der Waals surface area (Å²) < 4.78 is 10.7. The summed E-state index contributed by atoms with van der Waals surface area (Å²) in [7, 11) is 3.31. The van der Waals surface area contributed by atoms with Crippen LogP contribution >= 0.6 is 0 Å². The Morgan fingerprint density at radius 1 is 1.24 bits per heavy atom. The molecule has 0 amide bonds. The van der Waals surface area contributed by atoms with E-state index < -0.39 is 0 Å². The van der Waals surface area contributed by atoms with E-state index in [1.165, 1.54) is 0 Å². The smallest absolute Gasteiger partial charge is 0.237 e. The molecule has 0 aliphatic rings. The van der Waals surface area contributed by atoms with E-state index in [4.69, 9.17) is 9.47 Å². The molecule has 2 atom stereocenters. The average Bonchev–Trinajstić information content (AvgIpc) is 2.39. The highest BCUT2D eigenvalue weighted by atomic mass is 16.5. The normalized spacial score (nSPS) is 14.4. The zero-order valence-corrected chi connectivity index (χ0v) is 10.9. The minimum absolute atomic E-state index is 0.00125. The Labute approximate surface area is 103 Å². The summed E-state index contributed by atoms with van der Waals surface area (Å²) in [5, 5.41) is 3.37. The van der Waals surface area contributed by atoms with Crippen molar-refractivity contribution in [2.24, 2.45) is 0 Å². The summed E-state index contributed by atoms with van der Waals surface area (Å²) in [5.41, 5.74) is 0.797. The van der Waals surface area contributed by atoms with Gasteiger partial charge in [-0.25, -0.2) is 4.98 Å². The first kappa shape index (κ1) is 13.9. The first-order chi connectivity index (χ1) is 8.28. The Morgan fingerprint density at radius 3 is 2.47 bits per heavy atom. The van der Waals surface area contributed by atoms with Gasteiger partial charge < -0.3 is 14.8 Å². The average molecular weight is 239 g/mol. The van der Waals surface area contributed by atoms with E-state index in [2.05, 4.69) is 29.1 Å². The van der Waals surface area contributed by atoms with Gasteiger partial charge in [0.1, 0.15) is 5.69 Å². The minimum atomic E-state index is -0.00125. The van der Waals surface area contributed by atoms with Crippen molar-refractivity contribution in [2.45, 2.75) is 32.4 Å². The maximum absolute atomic E-state index is 5.48. The minimum Gasteiger partial charge on any atom is -0.480 e. The van der Waals surface area contributed by atoms with E-state index in [0.717, 1.165) is 18.7 Å². The molecule has 1 N–H and O–H groups in total. The third-order valence-corrected chi connectivity index (χ3v) is 2.68. The van der Waals surface area contributed by atoms with Crippen molar-refractivity contribution in [2.75, 3.05) is 20.8 Å². The second kappa shape index (κ2) is 7.19. The van der Waals surface area contributed by atoms with Gasteiger partial charge in [0, 0.05) is 19.5 Å². The molecular weight excluding hydrogens is 218 g/mol. The van der Waals surface area contributed by atoms with Crippen LogP contribution in [-0.2, 0) is 4.74 Å². The van der Waals surface area contributed by atoms with Gasteiger partial charge >= 0.3 is 0 Å². The summed E-state index contributed by atoms with van der Waals surface area (Å²) in [6.07, 6.45) is 4.25. The Balaban J connectivity index is 3.03. The summed E-state index contributed by atoms with van der Waals surface area (Å²) in [6.45, 7) is 4.98. The van der Waals surface area contributed by atoms with Crippen molar-refractivity contribution in [3.63, 3.8) is 0 Å². The van der Waals surface area contributed by atoms with Gasteiger partial charge in [-0.1, -0.05) is 13.8 Å². The van der Waals surface area contributed by atoms with Crippen LogP contribution in [-0.4, -0.2) is 36.8 Å². The standard InChI is InChI=1S/C12H21N3O2/c1-5-9(16-3)10(13-6-2)11-12(17-4)15-8-7-14-11/h7-10,13H,5-6H2,1-4H3. The molecule has 17 heavy (non-hydrogen) atoms. The number of likely N-dealkylation sites (N-methyl/N-ethyl adjacent to an activating group) is 1. The molecule has 96 valence electrons. The molecule has 5 nitrogen and oxygen atoms in total. The Hall–Kier alpha value is -1.20. The topological polar surface area (TPSA) is 56.3 Å². The molecule has 0 spiro atoms. The van der Waals surface area contributed by atoms with Crippen molar-refractivity contribution < 1.29 is 9.47 Å². The predicted octanol–water partition coefficient (Wildman–Crippen LogP) is 1.56. The molecule has 2 unspecified atom stereocenters. The van der Waals surface area contributed by atoms with Crippen LogP contribution in [0.15, 0.2) is 12.4 Å². The zero-order chi connectivity index (χ0) is 12.7. The number of rotatable bonds is 7. The van der Waals surface area contributed by atoms with Crippen molar-refractivity contribution in [3.05, 3.63) is 18.1 Å². The van der Waals surface area contributed by atoms with Gasteiger partial charge in [-0.15, -0.1) is 0 Å². The third-order valence-electron chi connectivity index (χ3n) is 2.68. The van der Waals surface area contributed by atoms with Gasteiger partial charge in [0.15, 0.2) is 0 Å². The number of nitrogens with one attached hydrogen (secondary N) is 1. The molecule has 0 fully saturated rings. The van der Waals surface area contributed by atoms with Gasteiger partial charge in [-0.2, -0.15) is 0 Å². The number of hydrogen-bond donors (Lipinski definition) is 1. The first-order valence-corrected chi connectivity index (χ1v) is 5.89. The molecule has 0 bridgehead atoms. The maximum atomic E-state index is 5.48. The summed E-state index contributed by atoms with van der Waals surface area (Å²) in [4.78, 5) is 8.53. The molecule has 1 heterocycles. The lowest BCUT2D eigenvalue weighted by Crippen LogP contribution is -2.34. The van der Waals surface area contributed by atoms with E-state index >= 15 is 0 Å². The Kier molecular flexibility index (Phi) is 5.86. The molecule has 5 heteroatoms. The number of hydrogen-bond acceptors (Lipinski definition) is 5. The lowest BCUT2D eigenvalue weighted by molar-refractivity contribution is 0.0631. The van der Waals surface area contributed by atoms with Crippen molar-refractivity contribution in [1.82, 2.24) is 15.3 Å². The second-order valence-electron chi connectivity index (χ2n) is 3.67. The molecule has 1 aromatic heterocycles. The molecule has 0 aliphatic heterocycles. The fraction of sp³-hybridized carbons (Fsp3) is 0.667. The maximum Gasteiger partial charge on any atom is 0.237 e. The van der Waals surface area contributed by atoms with Crippen LogP contribution in [0.5, 0.6) is 5.88 Å². The molecule has 0 saturated heterocycles. The van der Waals surface area contributed by atoms with E-state index in [9.17, 15) is 0 Å². The van der Waals surface area contributed by atoms with Gasteiger partial charge in [0.05, 0.1) is 19.3 Å². The molecule has 0 aromatic carbocycles. The third kappa shape index (κ3) is 3.38. The van der Waals surface area contributed by atoms with Crippen molar-refractivity contribution in [1.29, 1.82) is 0 Å². The van der Waals surface area contributed by atoms with Crippen LogP contribution in [0.1, 0.15) is 32.0 Å². The fourth-order valence-electron chi connectivity index (χ4n) is 1.87. The largest absolute Gasteiger partial charge is 0.480 e. The number of aromatic nitrogens is 2. The Morgan fingerprint density at radius 2 is 1.94 bits per heavy atom. The molecular formula is C12H21N3O2. The van der Waals surface area contributed by atoms with Crippen LogP contribution < -0.4 is 10.1 Å².